The van der Waals surface area contributed by atoms with Crippen LogP contribution in [0.25, 0.3) is 0 Å². The monoisotopic (exact) mass is 294 g/mol. The molecule has 0 bridgehead atoms. The molecule has 108 valence electrons. The third-order valence-corrected chi connectivity index (χ3v) is 3.94. The smallest absolute Gasteiger partial charge is 0.255 e. The molecule has 19 heavy (non-hydrogen) atoms. The van der Waals surface area contributed by atoms with Crippen LogP contribution in [0.4, 0.5) is 14.5 Å². The van der Waals surface area contributed by atoms with E-state index >= 15 is 0 Å². The summed E-state index contributed by atoms with van der Waals surface area (Å²) < 4.78 is 49.9. The number of nitrogens with zero attached hydrogens (tertiary/aromatic N) is 1. The average Bonchev–Trinajstić information content (AvgIpc) is 2.38. The Hall–Kier alpha value is -1.25. The predicted octanol–water partition coefficient (Wildman–Crippen LogP) is 0.658. The Labute approximate surface area is 110 Å². The van der Waals surface area contributed by atoms with Crippen molar-refractivity contribution in [2.24, 2.45) is 0 Å². The fourth-order valence-corrected chi connectivity index (χ4v) is 2.30. The van der Waals surface area contributed by atoms with E-state index in [1.807, 2.05) is 0 Å². The van der Waals surface area contributed by atoms with Crippen LogP contribution >= 0.6 is 0 Å². The van der Waals surface area contributed by atoms with E-state index in [1.165, 1.54) is 36.2 Å². The number of hydrogen-bond donors (Lipinski definition) is 2. The summed E-state index contributed by atoms with van der Waals surface area (Å²) in [7, 11) is -2.25. The van der Waals surface area contributed by atoms with Crippen LogP contribution in [-0.2, 0) is 10.0 Å². The molecular weight excluding hydrogens is 278 g/mol. The van der Waals surface area contributed by atoms with Crippen molar-refractivity contribution < 1.29 is 22.3 Å². The van der Waals surface area contributed by atoms with Gasteiger partial charge in [0.2, 0.25) is 10.0 Å². The number of benzene rings is 1. The normalized spacial score (nSPS) is 11.8. The Balaban J connectivity index is 2.95. The number of aliphatic hydroxyl groups excluding tert-OH is 1. The van der Waals surface area contributed by atoms with E-state index in [1.54, 1.807) is 0 Å². The third kappa shape index (κ3) is 4.41. The van der Waals surface area contributed by atoms with Crippen molar-refractivity contribution in [2.45, 2.75) is 11.3 Å². The molecule has 1 aromatic rings. The fraction of sp³-hybridized carbons (Fsp3) is 0.455. The van der Waals surface area contributed by atoms with Gasteiger partial charge in [0.15, 0.2) is 0 Å². The molecule has 0 aliphatic rings. The van der Waals surface area contributed by atoms with Crippen LogP contribution in [0, 0.1) is 0 Å². The second kappa shape index (κ2) is 6.78. The van der Waals surface area contributed by atoms with Crippen molar-refractivity contribution in [1.29, 1.82) is 0 Å². The lowest BCUT2D eigenvalue weighted by Crippen LogP contribution is -2.31. The molecule has 0 saturated heterocycles. The summed E-state index contributed by atoms with van der Waals surface area (Å²) in [6.45, 7) is -0.718. The quantitative estimate of drug-likeness (QED) is 0.775. The van der Waals surface area contributed by atoms with Crippen molar-refractivity contribution in [2.75, 3.05) is 31.6 Å². The number of anilines is 1. The summed E-state index contributed by atoms with van der Waals surface area (Å²) in [6, 6.07) is 5.53. The highest BCUT2D eigenvalue weighted by atomic mass is 32.2. The Morgan fingerprint density at radius 2 is 1.89 bits per heavy atom. The molecule has 0 heterocycles. The highest BCUT2D eigenvalue weighted by Gasteiger charge is 2.15. The SMILES string of the molecule is CNS(=O)(=O)c1ccc(N(CCO)CC(F)F)cc1. The van der Waals surface area contributed by atoms with E-state index in [4.69, 9.17) is 5.11 Å². The average molecular weight is 294 g/mol. The largest absolute Gasteiger partial charge is 0.395 e. The molecule has 1 aromatic carbocycles. The van der Waals surface area contributed by atoms with Crippen molar-refractivity contribution in [3.05, 3.63) is 24.3 Å². The second-order valence-corrected chi connectivity index (χ2v) is 5.65. The van der Waals surface area contributed by atoms with Crippen LogP contribution in [0.3, 0.4) is 0 Å². The van der Waals surface area contributed by atoms with Crippen molar-refractivity contribution in [3.63, 3.8) is 0 Å². The first-order chi connectivity index (χ1) is 8.90. The van der Waals surface area contributed by atoms with Gasteiger partial charge in [0.1, 0.15) is 0 Å². The maximum absolute atomic E-state index is 12.4. The molecule has 1 rings (SSSR count). The van der Waals surface area contributed by atoms with E-state index < -0.39 is 23.0 Å². The molecule has 0 saturated carbocycles. The number of hydrogen-bond acceptors (Lipinski definition) is 4. The Morgan fingerprint density at radius 1 is 1.32 bits per heavy atom. The Morgan fingerprint density at radius 3 is 2.32 bits per heavy atom. The maximum atomic E-state index is 12.4. The molecule has 8 heteroatoms. The number of halogens is 2. The van der Waals surface area contributed by atoms with E-state index in [9.17, 15) is 17.2 Å². The molecule has 0 aliphatic carbocycles. The first-order valence-corrected chi connectivity index (χ1v) is 7.06. The number of aliphatic hydroxyl groups is 1. The zero-order valence-electron chi connectivity index (χ0n) is 10.4. The van der Waals surface area contributed by atoms with Gasteiger partial charge in [0.05, 0.1) is 18.0 Å². The highest BCUT2D eigenvalue weighted by Crippen LogP contribution is 2.18. The molecule has 0 radical (unpaired) electrons. The van der Waals surface area contributed by atoms with Gasteiger partial charge < -0.3 is 10.0 Å². The molecular formula is C11H16F2N2O3S. The minimum absolute atomic E-state index is 0.0553. The summed E-state index contributed by atoms with van der Waals surface area (Å²) in [5.41, 5.74) is 0.435. The Bertz CT molecular complexity index is 491. The molecule has 0 aromatic heterocycles. The lowest BCUT2D eigenvalue weighted by molar-refractivity contribution is 0.153. The van der Waals surface area contributed by atoms with E-state index in [0.29, 0.717) is 5.69 Å². The third-order valence-electron chi connectivity index (χ3n) is 2.51. The maximum Gasteiger partial charge on any atom is 0.255 e. The first-order valence-electron chi connectivity index (χ1n) is 5.58. The minimum Gasteiger partial charge on any atom is -0.395 e. The van der Waals surface area contributed by atoms with Gasteiger partial charge in [-0.1, -0.05) is 0 Å². The zero-order valence-corrected chi connectivity index (χ0v) is 11.2. The molecule has 0 aliphatic heterocycles. The molecule has 5 nitrogen and oxygen atoms in total. The summed E-state index contributed by atoms with van der Waals surface area (Å²) in [6.07, 6.45) is -2.53. The zero-order chi connectivity index (χ0) is 14.5. The van der Waals surface area contributed by atoms with Crippen molar-refractivity contribution in [3.8, 4) is 0 Å². The van der Waals surface area contributed by atoms with Crippen LogP contribution < -0.4 is 9.62 Å². The summed E-state index contributed by atoms with van der Waals surface area (Å²) in [5, 5.41) is 8.84. The molecule has 0 amide bonds. The molecule has 2 N–H and O–H groups in total. The van der Waals surface area contributed by atoms with Crippen LogP contribution in [-0.4, -0.2) is 46.7 Å². The lowest BCUT2D eigenvalue weighted by atomic mass is 10.3. The summed E-state index contributed by atoms with van der Waals surface area (Å²) in [4.78, 5) is 1.35. The number of rotatable bonds is 7. The molecule has 0 fully saturated rings. The molecule has 0 unspecified atom stereocenters. The molecule has 0 atom stereocenters. The predicted molar refractivity (Wildman–Crippen MR) is 68.0 cm³/mol. The van der Waals surface area contributed by atoms with Gasteiger partial charge in [-0.25, -0.2) is 21.9 Å². The van der Waals surface area contributed by atoms with E-state index in [0.717, 1.165) is 0 Å². The van der Waals surface area contributed by atoms with Gasteiger partial charge in [-0.05, 0) is 31.3 Å². The van der Waals surface area contributed by atoms with Crippen LogP contribution in [0.5, 0.6) is 0 Å². The Kier molecular flexibility index (Phi) is 5.64. The van der Waals surface area contributed by atoms with Gasteiger partial charge in [-0.3, -0.25) is 0 Å². The van der Waals surface area contributed by atoms with Crippen LogP contribution in [0.15, 0.2) is 29.2 Å². The second-order valence-electron chi connectivity index (χ2n) is 3.76. The number of nitrogens with one attached hydrogen (secondary N) is 1. The topological polar surface area (TPSA) is 69.6 Å². The standard InChI is InChI=1S/C11H16F2N2O3S/c1-14-19(17,18)10-4-2-9(3-5-10)15(6-7-16)8-11(12)13/h2-5,11,14,16H,6-8H2,1H3. The fourth-order valence-electron chi connectivity index (χ4n) is 1.57. The van der Waals surface area contributed by atoms with Gasteiger partial charge >= 0.3 is 0 Å². The summed E-state index contributed by atoms with van der Waals surface area (Å²) in [5.74, 6) is 0. The first kappa shape index (κ1) is 15.8. The van der Waals surface area contributed by atoms with Crippen LogP contribution in [0.1, 0.15) is 0 Å². The van der Waals surface area contributed by atoms with E-state index in [2.05, 4.69) is 4.72 Å². The summed E-state index contributed by atoms with van der Waals surface area (Å²) >= 11 is 0. The van der Waals surface area contributed by atoms with E-state index in [-0.39, 0.29) is 18.0 Å². The lowest BCUT2D eigenvalue weighted by Gasteiger charge is -2.23. The number of alkyl halides is 2. The molecule has 0 spiro atoms. The van der Waals surface area contributed by atoms with Gasteiger partial charge in [0, 0.05) is 12.2 Å². The van der Waals surface area contributed by atoms with Crippen molar-refractivity contribution >= 4 is 15.7 Å². The highest BCUT2D eigenvalue weighted by molar-refractivity contribution is 7.89. The van der Waals surface area contributed by atoms with Crippen molar-refractivity contribution in [1.82, 2.24) is 4.72 Å². The van der Waals surface area contributed by atoms with Crippen LogP contribution in [0.2, 0.25) is 0 Å². The van der Waals surface area contributed by atoms with Gasteiger partial charge in [0.25, 0.3) is 6.43 Å². The van der Waals surface area contributed by atoms with Gasteiger partial charge in [-0.2, -0.15) is 0 Å². The van der Waals surface area contributed by atoms with Gasteiger partial charge in [-0.15, -0.1) is 0 Å². The minimum atomic E-state index is -3.54. The number of sulfonamides is 1.